The molecule has 0 heterocycles. The lowest BCUT2D eigenvalue weighted by atomic mass is 9.87. The molecule has 4 aromatic rings. The highest BCUT2D eigenvalue weighted by atomic mass is 79.9. The van der Waals surface area contributed by atoms with Crippen LogP contribution in [0.2, 0.25) is 0 Å². The van der Waals surface area contributed by atoms with E-state index in [9.17, 15) is 25.5 Å². The summed E-state index contributed by atoms with van der Waals surface area (Å²) in [5, 5.41) is 51.1. The summed E-state index contributed by atoms with van der Waals surface area (Å²) in [5.41, 5.74) is 6.32. The molecular formula is C56H79BrO5. The maximum atomic E-state index is 10.3. The van der Waals surface area contributed by atoms with E-state index in [1.165, 1.54) is 51.4 Å². The van der Waals surface area contributed by atoms with Crippen LogP contribution in [0.1, 0.15) is 214 Å². The summed E-state index contributed by atoms with van der Waals surface area (Å²) in [6.07, 6.45) is 13.2. The fourth-order valence-electron chi connectivity index (χ4n) is 8.98. The molecule has 6 heteroatoms. The van der Waals surface area contributed by atoms with Gasteiger partial charge in [0.15, 0.2) is 0 Å². The van der Waals surface area contributed by atoms with Crippen LogP contribution in [0, 0.1) is 23.7 Å². The van der Waals surface area contributed by atoms with Gasteiger partial charge in [0.25, 0.3) is 0 Å². The second-order valence-electron chi connectivity index (χ2n) is 19.7. The fraction of sp³-hybridized carbons (Fsp3) is 0.571. The van der Waals surface area contributed by atoms with Crippen LogP contribution in [0.15, 0.2) is 77.3 Å². The van der Waals surface area contributed by atoms with E-state index < -0.39 is 5.60 Å². The summed E-state index contributed by atoms with van der Waals surface area (Å²) in [6, 6.07) is 24.1. The van der Waals surface area contributed by atoms with E-state index in [1.807, 2.05) is 43.3 Å². The van der Waals surface area contributed by atoms with Crippen molar-refractivity contribution < 1.29 is 25.5 Å². The minimum Gasteiger partial charge on any atom is -0.507 e. The predicted octanol–water partition coefficient (Wildman–Crippen LogP) is 16.0. The normalized spacial score (nSPS) is 19.7. The molecule has 0 saturated heterocycles. The number of hydrogen-bond acceptors (Lipinski definition) is 5. The first-order chi connectivity index (χ1) is 29.5. The van der Waals surface area contributed by atoms with E-state index in [2.05, 4.69) is 108 Å². The zero-order chi connectivity index (χ0) is 45.5. The van der Waals surface area contributed by atoms with E-state index in [4.69, 9.17) is 0 Å². The molecule has 5 nitrogen and oxygen atoms in total. The molecule has 4 saturated carbocycles. The van der Waals surface area contributed by atoms with Gasteiger partial charge in [-0.3, -0.25) is 0 Å². The van der Waals surface area contributed by atoms with Crippen LogP contribution in [-0.4, -0.2) is 25.5 Å². The summed E-state index contributed by atoms with van der Waals surface area (Å²) in [4.78, 5) is 0. The third-order valence-electron chi connectivity index (χ3n) is 15.1. The number of hydrogen-bond donors (Lipinski definition) is 5. The molecule has 3 unspecified atom stereocenters. The zero-order valence-electron chi connectivity index (χ0n) is 39.6. The summed E-state index contributed by atoms with van der Waals surface area (Å²) >= 11 is 3.33. The van der Waals surface area contributed by atoms with Gasteiger partial charge in [0.05, 0.1) is 10.1 Å². The van der Waals surface area contributed by atoms with Gasteiger partial charge in [-0.15, -0.1) is 0 Å². The minimum absolute atomic E-state index is 0.291. The van der Waals surface area contributed by atoms with Gasteiger partial charge in [-0.2, -0.15) is 0 Å². The van der Waals surface area contributed by atoms with Gasteiger partial charge in [-0.05, 0) is 192 Å². The zero-order valence-corrected chi connectivity index (χ0v) is 41.2. The number of phenolic OH excluding ortho intramolecular Hbond substituents is 4. The number of aromatic hydroxyl groups is 4. The molecule has 0 bridgehead atoms. The first kappa shape index (κ1) is 49.5. The highest BCUT2D eigenvalue weighted by Crippen LogP contribution is 2.49. The Morgan fingerprint density at radius 3 is 1.08 bits per heavy atom. The Hall–Kier alpha value is -3.48. The van der Waals surface area contributed by atoms with E-state index >= 15 is 0 Å². The summed E-state index contributed by atoms with van der Waals surface area (Å²) < 4.78 is 0.803. The number of para-hydroxylation sites is 4. The quantitative estimate of drug-likeness (QED) is 0.0868. The van der Waals surface area contributed by atoms with E-state index in [-0.39, 0.29) is 0 Å². The predicted molar refractivity (Wildman–Crippen MR) is 262 cm³/mol. The van der Waals surface area contributed by atoms with Gasteiger partial charge < -0.3 is 25.5 Å². The van der Waals surface area contributed by atoms with Crippen LogP contribution < -0.4 is 0 Å². The molecule has 0 aromatic heterocycles. The Bertz CT molecular complexity index is 1970. The SMILES string of the molecule is CCC(C)(O)c1cccc([C@H](C)C2CC2)c1O.CCC(C)c1cccc([C@H](C)C2CC2)c1O.CCC(C)c1cccc([C@H](C)C2CC2)c1O.C[C@@H](c1cccc(Br)c1O)C1CC1. The lowest BCUT2D eigenvalue weighted by molar-refractivity contribution is 0.0504. The van der Waals surface area contributed by atoms with Gasteiger partial charge in [-0.25, -0.2) is 0 Å². The Morgan fingerprint density at radius 2 is 0.758 bits per heavy atom. The van der Waals surface area contributed by atoms with Crippen molar-refractivity contribution in [3.05, 3.63) is 116 Å². The summed E-state index contributed by atoms with van der Waals surface area (Å²) in [6.45, 7) is 21.2. The van der Waals surface area contributed by atoms with Crippen LogP contribution in [0.25, 0.3) is 0 Å². The second kappa shape index (κ2) is 21.9. The molecule has 0 radical (unpaired) electrons. The van der Waals surface area contributed by atoms with Crippen LogP contribution >= 0.6 is 15.9 Å². The Balaban J connectivity index is 0.000000157. The van der Waals surface area contributed by atoms with E-state index in [0.29, 0.717) is 76.4 Å². The van der Waals surface area contributed by atoms with Crippen molar-refractivity contribution in [1.82, 2.24) is 0 Å². The molecule has 340 valence electrons. The highest BCUT2D eigenvalue weighted by Gasteiger charge is 2.34. The van der Waals surface area contributed by atoms with Gasteiger partial charge in [0.1, 0.15) is 23.0 Å². The minimum atomic E-state index is -0.941. The average Bonchev–Trinajstić information content (AvgIpc) is 4.06. The highest BCUT2D eigenvalue weighted by molar-refractivity contribution is 9.10. The molecule has 5 N–H and O–H groups in total. The fourth-order valence-corrected chi connectivity index (χ4v) is 9.37. The maximum absolute atomic E-state index is 10.3. The van der Waals surface area contributed by atoms with Gasteiger partial charge >= 0.3 is 0 Å². The Kier molecular flexibility index (Phi) is 17.5. The molecule has 62 heavy (non-hydrogen) atoms. The van der Waals surface area contributed by atoms with Crippen molar-refractivity contribution in [2.75, 3.05) is 0 Å². The van der Waals surface area contributed by atoms with Crippen molar-refractivity contribution in [3.8, 4) is 23.0 Å². The molecule has 8 rings (SSSR count). The summed E-state index contributed by atoms with van der Waals surface area (Å²) in [7, 11) is 0. The molecule has 4 aliphatic rings. The van der Waals surface area contributed by atoms with Gasteiger partial charge in [0, 0.05) is 5.56 Å². The van der Waals surface area contributed by atoms with Crippen LogP contribution in [0.4, 0.5) is 0 Å². The topological polar surface area (TPSA) is 101 Å². The van der Waals surface area contributed by atoms with E-state index in [0.717, 1.165) is 68.4 Å². The van der Waals surface area contributed by atoms with Crippen molar-refractivity contribution in [1.29, 1.82) is 0 Å². The molecule has 4 fully saturated rings. The molecule has 0 amide bonds. The molecule has 0 spiro atoms. The lowest BCUT2D eigenvalue weighted by Crippen LogP contribution is -2.20. The first-order valence-electron chi connectivity index (χ1n) is 24.1. The van der Waals surface area contributed by atoms with Crippen molar-refractivity contribution in [3.63, 3.8) is 0 Å². The first-order valence-corrected chi connectivity index (χ1v) is 24.9. The molecular weight excluding hydrogens is 833 g/mol. The Morgan fingerprint density at radius 1 is 0.468 bits per heavy atom. The average molecular weight is 912 g/mol. The largest absolute Gasteiger partial charge is 0.507 e. The third-order valence-corrected chi connectivity index (χ3v) is 15.8. The Labute approximate surface area is 383 Å². The number of aliphatic hydroxyl groups is 1. The lowest BCUT2D eigenvalue weighted by Gasteiger charge is -2.25. The van der Waals surface area contributed by atoms with Crippen molar-refractivity contribution in [2.24, 2.45) is 23.7 Å². The van der Waals surface area contributed by atoms with Crippen molar-refractivity contribution in [2.45, 2.75) is 181 Å². The van der Waals surface area contributed by atoms with E-state index in [1.54, 1.807) is 6.92 Å². The molecule has 0 aliphatic heterocycles. The standard InChI is InChI=1S/C15H22O2.2C15H22O.C11H13BrO/c1-4-15(3,17)13-7-5-6-12(14(13)16)10(2)11-8-9-11;2*1-4-10(2)13-6-5-7-14(15(13)16)11(3)12-8-9-12;1-7(8-5-6-8)9-3-2-4-10(12)11(9)13/h5-7,10-11,16-17H,4,8-9H2,1-3H3;2*5-7,10-12,16H,4,8-9H2,1-3H3;2-4,7-8,13H,5-6H2,1H3/t10-,15?;2*10?,11-;7-/m1111/s1. The smallest absolute Gasteiger partial charge is 0.133 e. The van der Waals surface area contributed by atoms with Crippen LogP contribution in [0.5, 0.6) is 23.0 Å². The van der Waals surface area contributed by atoms with Crippen LogP contribution in [0.3, 0.4) is 0 Å². The number of benzene rings is 4. The molecule has 4 aromatic carbocycles. The second-order valence-corrected chi connectivity index (χ2v) is 20.6. The van der Waals surface area contributed by atoms with Crippen molar-refractivity contribution >= 4 is 15.9 Å². The number of halogens is 1. The van der Waals surface area contributed by atoms with Gasteiger partial charge in [0.2, 0.25) is 0 Å². The van der Waals surface area contributed by atoms with Gasteiger partial charge in [-0.1, -0.05) is 129 Å². The monoisotopic (exact) mass is 911 g/mol. The number of phenols is 4. The molecule has 7 atom stereocenters. The molecule has 4 aliphatic carbocycles. The maximum Gasteiger partial charge on any atom is 0.133 e. The summed E-state index contributed by atoms with van der Waals surface area (Å²) in [5.74, 6) is 7.75. The third kappa shape index (κ3) is 12.6. The number of rotatable bonds is 14. The van der Waals surface area contributed by atoms with Crippen LogP contribution in [-0.2, 0) is 5.60 Å².